The van der Waals surface area contributed by atoms with Gasteiger partial charge < -0.3 is 25.2 Å². The second-order valence-electron chi connectivity index (χ2n) is 9.21. The van der Waals surface area contributed by atoms with E-state index in [-0.39, 0.29) is 37.3 Å². The van der Waals surface area contributed by atoms with Gasteiger partial charge in [0.05, 0.1) is 18.4 Å². The van der Waals surface area contributed by atoms with Gasteiger partial charge in [0.25, 0.3) is 0 Å². The van der Waals surface area contributed by atoms with Crippen molar-refractivity contribution in [3.05, 3.63) is 59.7 Å². The number of hydrogen-bond acceptors (Lipinski definition) is 5. The van der Waals surface area contributed by atoms with Crippen molar-refractivity contribution in [2.75, 3.05) is 26.8 Å². The highest BCUT2D eigenvalue weighted by Gasteiger charge is 2.33. The maximum atomic E-state index is 12.4. The van der Waals surface area contributed by atoms with Gasteiger partial charge in [-0.1, -0.05) is 55.0 Å². The molecule has 2 aromatic rings. The van der Waals surface area contributed by atoms with Crippen molar-refractivity contribution < 1.29 is 29.0 Å². The topological polar surface area (TPSA) is 114 Å². The number of rotatable bonds is 10. The number of fused-ring (bicyclic) bond motifs is 3. The van der Waals surface area contributed by atoms with Crippen LogP contribution >= 0.6 is 0 Å². The molecule has 1 unspecified atom stereocenters. The first-order chi connectivity index (χ1) is 17.0. The predicted octanol–water partition coefficient (Wildman–Crippen LogP) is 3.55. The SMILES string of the molecule is COC(CNC(=O)OCC1c2ccccc2-c2ccccc21)CC(=O)NC[C@H]1CCC[C@H]1C(=O)O. The summed E-state index contributed by atoms with van der Waals surface area (Å²) < 4.78 is 10.9. The molecule has 3 atom stereocenters. The number of benzene rings is 2. The van der Waals surface area contributed by atoms with Crippen molar-refractivity contribution in [2.24, 2.45) is 11.8 Å². The molecule has 186 valence electrons. The molecular weight excluding hydrogens is 448 g/mol. The van der Waals surface area contributed by atoms with E-state index in [1.807, 2.05) is 24.3 Å². The average molecular weight is 481 g/mol. The van der Waals surface area contributed by atoms with Crippen molar-refractivity contribution in [1.29, 1.82) is 0 Å². The van der Waals surface area contributed by atoms with Crippen LogP contribution in [-0.4, -0.2) is 56.0 Å². The summed E-state index contributed by atoms with van der Waals surface area (Å²) in [5.41, 5.74) is 4.60. The lowest BCUT2D eigenvalue weighted by Crippen LogP contribution is -2.39. The normalized spacial score (nSPS) is 19.5. The van der Waals surface area contributed by atoms with Crippen molar-refractivity contribution in [1.82, 2.24) is 10.6 Å². The molecule has 0 aliphatic heterocycles. The van der Waals surface area contributed by atoms with E-state index in [1.165, 1.54) is 7.11 Å². The summed E-state index contributed by atoms with van der Waals surface area (Å²) in [5.74, 6) is -1.51. The quantitative estimate of drug-likeness (QED) is 0.479. The van der Waals surface area contributed by atoms with Crippen LogP contribution in [0.25, 0.3) is 11.1 Å². The monoisotopic (exact) mass is 480 g/mol. The summed E-state index contributed by atoms with van der Waals surface area (Å²) in [4.78, 5) is 36.0. The van der Waals surface area contributed by atoms with E-state index in [1.54, 1.807) is 0 Å². The molecule has 8 nitrogen and oxygen atoms in total. The Morgan fingerprint density at radius 2 is 1.66 bits per heavy atom. The van der Waals surface area contributed by atoms with Gasteiger partial charge in [-0.05, 0) is 41.0 Å². The maximum absolute atomic E-state index is 12.4. The molecular formula is C27H32N2O6. The minimum atomic E-state index is -0.802. The van der Waals surface area contributed by atoms with Crippen LogP contribution in [0.2, 0.25) is 0 Å². The van der Waals surface area contributed by atoms with E-state index >= 15 is 0 Å². The molecule has 4 rings (SSSR count). The van der Waals surface area contributed by atoms with Gasteiger partial charge in [-0.15, -0.1) is 0 Å². The van der Waals surface area contributed by atoms with Gasteiger partial charge in [-0.25, -0.2) is 4.79 Å². The van der Waals surface area contributed by atoms with Crippen LogP contribution in [0.4, 0.5) is 4.79 Å². The number of carboxylic acid groups (broad SMARTS) is 1. The van der Waals surface area contributed by atoms with Crippen LogP contribution in [0.1, 0.15) is 42.7 Å². The highest BCUT2D eigenvalue weighted by Crippen LogP contribution is 2.44. The fourth-order valence-electron chi connectivity index (χ4n) is 5.22. The van der Waals surface area contributed by atoms with Crippen LogP contribution in [0, 0.1) is 11.8 Å². The molecule has 3 N–H and O–H groups in total. The smallest absolute Gasteiger partial charge is 0.407 e. The molecule has 0 spiro atoms. The summed E-state index contributed by atoms with van der Waals surface area (Å²) in [6, 6.07) is 16.3. The zero-order valence-electron chi connectivity index (χ0n) is 19.9. The Hall–Kier alpha value is -3.39. The first kappa shape index (κ1) is 24.7. The zero-order valence-corrected chi connectivity index (χ0v) is 19.9. The Balaban J connectivity index is 1.22. The van der Waals surface area contributed by atoms with Crippen LogP contribution < -0.4 is 10.6 Å². The van der Waals surface area contributed by atoms with E-state index in [4.69, 9.17) is 9.47 Å². The van der Waals surface area contributed by atoms with Crippen LogP contribution in [-0.2, 0) is 19.1 Å². The maximum Gasteiger partial charge on any atom is 0.407 e. The minimum absolute atomic E-state index is 0.0256. The fraction of sp³-hybridized carbons (Fsp3) is 0.444. The molecule has 2 aliphatic carbocycles. The van der Waals surface area contributed by atoms with E-state index in [0.717, 1.165) is 35.1 Å². The fourth-order valence-corrected chi connectivity index (χ4v) is 5.22. The van der Waals surface area contributed by atoms with Crippen LogP contribution in [0.3, 0.4) is 0 Å². The number of aliphatic carboxylic acids is 1. The highest BCUT2D eigenvalue weighted by molar-refractivity contribution is 5.79. The van der Waals surface area contributed by atoms with Crippen molar-refractivity contribution in [2.45, 2.75) is 37.7 Å². The Morgan fingerprint density at radius 3 is 2.29 bits per heavy atom. The van der Waals surface area contributed by atoms with E-state index in [2.05, 4.69) is 34.9 Å². The number of ether oxygens (including phenoxy) is 2. The van der Waals surface area contributed by atoms with Crippen molar-refractivity contribution >= 4 is 18.0 Å². The standard InChI is InChI=1S/C27H32N2O6/c1-34-18(13-25(30)28-14-17-7-6-12-19(17)26(31)32)15-29-27(33)35-16-24-22-10-4-2-8-20(22)21-9-3-5-11-23(21)24/h2-5,8-11,17-19,24H,6-7,12-16H2,1H3,(H,28,30)(H,29,33)(H,31,32)/t17-,18?,19-/m1/s1. The van der Waals surface area contributed by atoms with Crippen LogP contribution in [0.5, 0.6) is 0 Å². The summed E-state index contributed by atoms with van der Waals surface area (Å²) in [5, 5.41) is 14.8. The zero-order chi connectivity index (χ0) is 24.8. The Morgan fingerprint density at radius 1 is 1.00 bits per heavy atom. The average Bonchev–Trinajstić information content (AvgIpc) is 3.47. The minimum Gasteiger partial charge on any atom is -0.481 e. The Bertz CT molecular complexity index is 1030. The third-order valence-corrected chi connectivity index (χ3v) is 7.10. The lowest BCUT2D eigenvalue weighted by molar-refractivity contribution is -0.143. The number of methoxy groups -OCH3 is 1. The molecule has 2 aromatic carbocycles. The Kier molecular flexibility index (Phi) is 8.02. The first-order valence-corrected chi connectivity index (χ1v) is 12.1. The molecule has 0 bridgehead atoms. The molecule has 0 heterocycles. The third-order valence-electron chi connectivity index (χ3n) is 7.10. The van der Waals surface area contributed by atoms with Gasteiger partial charge in [0.15, 0.2) is 0 Å². The Labute approximate surface area is 205 Å². The summed E-state index contributed by atoms with van der Waals surface area (Å²) in [7, 11) is 1.48. The van der Waals surface area contributed by atoms with Gasteiger partial charge in [0.2, 0.25) is 5.91 Å². The summed E-state index contributed by atoms with van der Waals surface area (Å²) in [6.07, 6.45) is 1.29. The second-order valence-corrected chi connectivity index (χ2v) is 9.21. The van der Waals surface area contributed by atoms with Crippen LogP contribution in [0.15, 0.2) is 48.5 Å². The number of carbonyl (C=O) groups excluding carboxylic acids is 2. The van der Waals surface area contributed by atoms with Gasteiger partial charge in [-0.3, -0.25) is 9.59 Å². The molecule has 8 heteroatoms. The summed E-state index contributed by atoms with van der Waals surface area (Å²) >= 11 is 0. The number of alkyl carbamates (subject to hydrolysis) is 1. The molecule has 1 saturated carbocycles. The lowest BCUT2D eigenvalue weighted by Gasteiger charge is -2.19. The second kappa shape index (κ2) is 11.4. The molecule has 0 radical (unpaired) electrons. The van der Waals surface area contributed by atoms with Gasteiger partial charge in [-0.2, -0.15) is 0 Å². The highest BCUT2D eigenvalue weighted by atomic mass is 16.5. The number of carbonyl (C=O) groups is 3. The predicted molar refractivity (Wildman–Crippen MR) is 130 cm³/mol. The van der Waals surface area contributed by atoms with Gasteiger partial charge >= 0.3 is 12.1 Å². The molecule has 0 aromatic heterocycles. The number of hydrogen-bond donors (Lipinski definition) is 3. The molecule has 0 saturated heterocycles. The van der Waals surface area contributed by atoms with Crippen molar-refractivity contribution in [3.8, 4) is 11.1 Å². The third kappa shape index (κ3) is 5.82. The number of amides is 2. The number of nitrogens with one attached hydrogen (secondary N) is 2. The van der Waals surface area contributed by atoms with Gasteiger partial charge in [0, 0.05) is 26.1 Å². The van der Waals surface area contributed by atoms with Crippen molar-refractivity contribution in [3.63, 3.8) is 0 Å². The molecule has 2 amide bonds. The van der Waals surface area contributed by atoms with E-state index in [0.29, 0.717) is 13.0 Å². The number of carboxylic acids is 1. The first-order valence-electron chi connectivity index (χ1n) is 12.1. The van der Waals surface area contributed by atoms with E-state index < -0.39 is 24.1 Å². The largest absolute Gasteiger partial charge is 0.481 e. The van der Waals surface area contributed by atoms with E-state index in [9.17, 15) is 19.5 Å². The summed E-state index contributed by atoms with van der Waals surface area (Å²) in [6.45, 7) is 0.679. The lowest BCUT2D eigenvalue weighted by atomic mass is 9.96. The van der Waals surface area contributed by atoms with Gasteiger partial charge in [0.1, 0.15) is 6.61 Å². The molecule has 35 heavy (non-hydrogen) atoms. The molecule has 2 aliphatic rings. The molecule has 1 fully saturated rings.